The van der Waals surface area contributed by atoms with E-state index in [0.29, 0.717) is 6.54 Å². The summed E-state index contributed by atoms with van der Waals surface area (Å²) >= 11 is 1.60. The van der Waals surface area contributed by atoms with Crippen LogP contribution in [0.4, 0.5) is 0 Å². The zero-order valence-electron chi connectivity index (χ0n) is 11.2. The maximum Gasteiger partial charge on any atom is 0.290 e. The van der Waals surface area contributed by atoms with Gasteiger partial charge in [0.1, 0.15) is 11.6 Å². The third-order valence-electron chi connectivity index (χ3n) is 2.57. The van der Waals surface area contributed by atoms with Gasteiger partial charge in [0.25, 0.3) is 6.47 Å². The molecule has 3 aromatic heterocycles. The first-order valence-electron chi connectivity index (χ1n) is 5.99. The molecule has 3 heterocycles. The van der Waals surface area contributed by atoms with Crippen LogP contribution in [-0.4, -0.2) is 36.1 Å². The van der Waals surface area contributed by atoms with Gasteiger partial charge in [-0.05, 0) is 6.92 Å². The summed E-state index contributed by atoms with van der Waals surface area (Å²) in [6.07, 6.45) is 7.31. The lowest BCUT2D eigenvalue weighted by atomic mass is 10.3. The number of hydrogen-bond donors (Lipinski definition) is 1. The van der Waals surface area contributed by atoms with Gasteiger partial charge in [-0.15, -0.1) is 11.3 Å². The standard InChI is InChI=1S/C12H11N5S.CH2O2/c1-9-14-4-10(5-15-9)12-13-2-3-17(12)6-11-7-18-8-16-11;2-1-3/h2-5,7-8H,6H2,1H3;1H,(H,2,3). The zero-order valence-corrected chi connectivity index (χ0v) is 12.1. The fourth-order valence-corrected chi connectivity index (χ4v) is 2.24. The Kier molecular flexibility index (Phi) is 5.10. The van der Waals surface area contributed by atoms with Crippen molar-refractivity contribution >= 4 is 17.8 Å². The average Bonchev–Trinajstić information content (AvgIpc) is 3.13. The van der Waals surface area contributed by atoms with Crippen molar-refractivity contribution in [1.82, 2.24) is 24.5 Å². The molecule has 0 amide bonds. The van der Waals surface area contributed by atoms with E-state index in [1.165, 1.54) is 0 Å². The van der Waals surface area contributed by atoms with Crippen LogP contribution in [0.1, 0.15) is 11.5 Å². The van der Waals surface area contributed by atoms with Crippen LogP contribution < -0.4 is 0 Å². The molecular weight excluding hydrogens is 290 g/mol. The number of aromatic nitrogens is 5. The highest BCUT2D eigenvalue weighted by molar-refractivity contribution is 7.07. The third-order valence-corrected chi connectivity index (χ3v) is 3.21. The Labute approximate surface area is 125 Å². The number of carboxylic acid groups (broad SMARTS) is 1. The van der Waals surface area contributed by atoms with E-state index in [1.54, 1.807) is 29.9 Å². The number of nitrogens with zero attached hydrogens (tertiary/aromatic N) is 5. The SMILES string of the molecule is Cc1ncc(-c2nccn2Cc2cscn2)cn1.O=CO. The van der Waals surface area contributed by atoms with Crippen molar-refractivity contribution in [1.29, 1.82) is 0 Å². The molecule has 0 atom stereocenters. The number of aryl methyl sites for hydroxylation is 1. The molecule has 0 spiro atoms. The van der Waals surface area contributed by atoms with Gasteiger partial charge in [0.15, 0.2) is 0 Å². The Balaban J connectivity index is 0.000000497. The van der Waals surface area contributed by atoms with Gasteiger partial charge in [0.05, 0.1) is 23.3 Å². The molecule has 7 nitrogen and oxygen atoms in total. The van der Waals surface area contributed by atoms with Crippen molar-refractivity contribution in [3.63, 3.8) is 0 Å². The number of carbonyl (C=O) groups is 1. The second kappa shape index (κ2) is 7.25. The quantitative estimate of drug-likeness (QED) is 0.742. The molecule has 21 heavy (non-hydrogen) atoms. The summed E-state index contributed by atoms with van der Waals surface area (Å²) in [6.45, 7) is 2.33. The van der Waals surface area contributed by atoms with Gasteiger partial charge in [-0.2, -0.15) is 0 Å². The predicted molar refractivity (Wildman–Crippen MR) is 77.9 cm³/mol. The first-order chi connectivity index (χ1) is 10.2. The predicted octanol–water partition coefficient (Wildman–Crippen LogP) is 1.85. The Morgan fingerprint density at radius 3 is 2.62 bits per heavy atom. The molecule has 1 N–H and O–H groups in total. The summed E-state index contributed by atoms with van der Waals surface area (Å²) in [6, 6.07) is 0. The Morgan fingerprint density at radius 2 is 2.00 bits per heavy atom. The van der Waals surface area contributed by atoms with Gasteiger partial charge in [0, 0.05) is 30.2 Å². The zero-order chi connectivity index (χ0) is 15.1. The Morgan fingerprint density at radius 1 is 1.29 bits per heavy atom. The molecule has 0 saturated heterocycles. The minimum Gasteiger partial charge on any atom is -0.483 e. The van der Waals surface area contributed by atoms with E-state index in [0.717, 1.165) is 22.9 Å². The van der Waals surface area contributed by atoms with Gasteiger partial charge in [-0.3, -0.25) is 4.79 Å². The lowest BCUT2D eigenvalue weighted by Gasteiger charge is -2.05. The molecule has 8 heteroatoms. The highest BCUT2D eigenvalue weighted by atomic mass is 32.1. The van der Waals surface area contributed by atoms with Crippen LogP contribution in [0, 0.1) is 6.92 Å². The minimum atomic E-state index is -0.250. The minimum absolute atomic E-state index is 0.250. The average molecular weight is 303 g/mol. The van der Waals surface area contributed by atoms with E-state index in [9.17, 15) is 0 Å². The lowest BCUT2D eigenvalue weighted by molar-refractivity contribution is -0.122. The van der Waals surface area contributed by atoms with E-state index < -0.39 is 0 Å². The summed E-state index contributed by atoms with van der Waals surface area (Å²) in [7, 11) is 0. The number of rotatable bonds is 3. The lowest BCUT2D eigenvalue weighted by Crippen LogP contribution is -2.02. The highest BCUT2D eigenvalue weighted by Gasteiger charge is 2.07. The molecule has 0 aliphatic carbocycles. The van der Waals surface area contributed by atoms with Gasteiger partial charge >= 0.3 is 0 Å². The number of thiazole rings is 1. The van der Waals surface area contributed by atoms with E-state index in [2.05, 4.69) is 19.9 Å². The second-order valence-electron chi connectivity index (χ2n) is 3.98. The first-order valence-corrected chi connectivity index (χ1v) is 6.94. The Bertz CT molecular complexity index is 679. The molecule has 108 valence electrons. The highest BCUT2D eigenvalue weighted by Crippen LogP contribution is 2.16. The van der Waals surface area contributed by atoms with Crippen LogP contribution in [0.15, 0.2) is 35.7 Å². The molecule has 0 aromatic carbocycles. The maximum absolute atomic E-state index is 8.36. The van der Waals surface area contributed by atoms with E-state index in [-0.39, 0.29) is 6.47 Å². The smallest absolute Gasteiger partial charge is 0.290 e. The summed E-state index contributed by atoms with van der Waals surface area (Å²) in [4.78, 5) is 25.4. The van der Waals surface area contributed by atoms with Crippen molar-refractivity contribution in [2.24, 2.45) is 0 Å². The van der Waals surface area contributed by atoms with Gasteiger partial charge in [0.2, 0.25) is 0 Å². The normalized spacial score (nSPS) is 9.76. The fraction of sp³-hybridized carbons (Fsp3) is 0.154. The van der Waals surface area contributed by atoms with E-state index in [1.807, 2.05) is 28.6 Å². The van der Waals surface area contributed by atoms with Gasteiger partial charge in [-0.1, -0.05) is 0 Å². The molecule has 0 radical (unpaired) electrons. The molecule has 0 fully saturated rings. The van der Waals surface area contributed by atoms with E-state index in [4.69, 9.17) is 9.90 Å². The summed E-state index contributed by atoms with van der Waals surface area (Å²) in [5.41, 5.74) is 3.79. The van der Waals surface area contributed by atoms with Crippen molar-refractivity contribution in [2.75, 3.05) is 0 Å². The maximum atomic E-state index is 8.36. The summed E-state index contributed by atoms with van der Waals surface area (Å²) < 4.78 is 2.04. The summed E-state index contributed by atoms with van der Waals surface area (Å²) in [5, 5.41) is 8.93. The van der Waals surface area contributed by atoms with Crippen molar-refractivity contribution < 1.29 is 9.90 Å². The van der Waals surface area contributed by atoms with Gasteiger partial charge in [-0.25, -0.2) is 19.9 Å². The largest absolute Gasteiger partial charge is 0.483 e. The monoisotopic (exact) mass is 303 g/mol. The van der Waals surface area contributed by atoms with Crippen molar-refractivity contribution in [3.05, 3.63) is 47.2 Å². The van der Waals surface area contributed by atoms with Crippen molar-refractivity contribution in [3.8, 4) is 11.4 Å². The van der Waals surface area contributed by atoms with Gasteiger partial charge < -0.3 is 9.67 Å². The third kappa shape index (κ3) is 3.93. The van der Waals surface area contributed by atoms with Crippen molar-refractivity contribution in [2.45, 2.75) is 13.5 Å². The molecule has 0 aliphatic rings. The number of imidazole rings is 1. The topological polar surface area (TPSA) is 93.8 Å². The number of hydrogen-bond acceptors (Lipinski definition) is 6. The fourth-order valence-electron chi connectivity index (χ4n) is 1.70. The Hall–Kier alpha value is -2.61. The molecule has 0 saturated carbocycles. The molecule has 3 aromatic rings. The van der Waals surface area contributed by atoms with Crippen LogP contribution in [-0.2, 0) is 11.3 Å². The van der Waals surface area contributed by atoms with Crippen LogP contribution in [0.3, 0.4) is 0 Å². The van der Waals surface area contributed by atoms with Crippen LogP contribution in [0.25, 0.3) is 11.4 Å². The van der Waals surface area contributed by atoms with Crippen LogP contribution in [0.2, 0.25) is 0 Å². The molecule has 0 unspecified atom stereocenters. The van der Waals surface area contributed by atoms with Crippen LogP contribution in [0.5, 0.6) is 0 Å². The molecule has 0 aliphatic heterocycles. The van der Waals surface area contributed by atoms with E-state index >= 15 is 0 Å². The molecule has 3 rings (SSSR count). The summed E-state index contributed by atoms with van der Waals surface area (Å²) in [5.74, 6) is 1.62. The molecule has 0 bridgehead atoms. The second-order valence-corrected chi connectivity index (χ2v) is 4.70. The first kappa shape index (κ1) is 14.8. The van der Waals surface area contributed by atoms with Crippen LogP contribution >= 0.6 is 11.3 Å². The molecular formula is C13H13N5O2S.